The number of amides is 1. The van der Waals surface area contributed by atoms with Crippen molar-refractivity contribution < 1.29 is 9.18 Å². The second-order valence-electron chi connectivity index (χ2n) is 3.42. The van der Waals surface area contributed by atoms with Crippen LogP contribution in [0.3, 0.4) is 0 Å². The Morgan fingerprint density at radius 1 is 1.38 bits per heavy atom. The summed E-state index contributed by atoms with van der Waals surface area (Å²) in [5, 5.41) is 5.51. The van der Waals surface area contributed by atoms with Crippen LogP contribution < -0.4 is 10.6 Å². The maximum atomic E-state index is 13.0. The number of hydrogen-bond donors (Lipinski definition) is 2. The fraction of sp³-hybridized carbons (Fsp3) is 0.364. The summed E-state index contributed by atoms with van der Waals surface area (Å²) in [5.41, 5.74) is 1.30. The number of anilines is 1. The van der Waals surface area contributed by atoms with E-state index in [1.54, 1.807) is 20.0 Å². The van der Waals surface area contributed by atoms with Crippen LogP contribution in [0.25, 0.3) is 0 Å². The van der Waals surface area contributed by atoms with Gasteiger partial charge in [-0.3, -0.25) is 4.79 Å². The molecule has 0 fully saturated rings. The smallest absolute Gasteiger partial charge is 0.225 e. The highest BCUT2D eigenvalue weighted by Crippen LogP contribution is 2.13. The standard InChI is InChI=1S/C11H15FN2O.ClH/c1-8-5-9(12)7-10(6-8)14-11(15)3-4-13-2;/h5-7,13H,3-4H2,1-2H3,(H,14,15);1H. The van der Waals surface area contributed by atoms with Crippen LogP contribution in [0.5, 0.6) is 0 Å². The van der Waals surface area contributed by atoms with Crippen molar-refractivity contribution >= 4 is 24.0 Å². The molecule has 0 aliphatic rings. The van der Waals surface area contributed by atoms with Gasteiger partial charge in [-0.05, 0) is 37.7 Å². The molecule has 1 amide bonds. The van der Waals surface area contributed by atoms with Crippen LogP contribution in [0.15, 0.2) is 18.2 Å². The lowest BCUT2D eigenvalue weighted by atomic mass is 10.2. The van der Waals surface area contributed by atoms with Crippen LogP contribution in [0, 0.1) is 12.7 Å². The number of rotatable bonds is 4. The highest BCUT2D eigenvalue weighted by molar-refractivity contribution is 5.90. The summed E-state index contributed by atoms with van der Waals surface area (Å²) in [6.45, 7) is 2.40. The van der Waals surface area contributed by atoms with Gasteiger partial charge in [-0.2, -0.15) is 0 Å². The molecule has 0 aliphatic carbocycles. The first-order chi connectivity index (χ1) is 7.11. The van der Waals surface area contributed by atoms with Crippen molar-refractivity contribution in [2.24, 2.45) is 0 Å². The van der Waals surface area contributed by atoms with Crippen LogP contribution in [0.1, 0.15) is 12.0 Å². The first-order valence-electron chi connectivity index (χ1n) is 4.83. The largest absolute Gasteiger partial charge is 0.326 e. The zero-order chi connectivity index (χ0) is 11.3. The van der Waals surface area contributed by atoms with Crippen LogP contribution >= 0.6 is 12.4 Å². The molecule has 3 nitrogen and oxygen atoms in total. The average molecular weight is 247 g/mol. The lowest BCUT2D eigenvalue weighted by molar-refractivity contribution is -0.116. The fourth-order valence-electron chi connectivity index (χ4n) is 1.27. The molecule has 0 spiro atoms. The Kier molecular flexibility index (Phi) is 6.69. The van der Waals surface area contributed by atoms with Gasteiger partial charge in [-0.15, -0.1) is 12.4 Å². The van der Waals surface area contributed by atoms with Gasteiger partial charge in [0.15, 0.2) is 0 Å². The molecule has 90 valence electrons. The number of carbonyl (C=O) groups is 1. The second kappa shape index (κ2) is 7.19. The van der Waals surface area contributed by atoms with E-state index in [9.17, 15) is 9.18 Å². The molecule has 1 aromatic rings. The molecular formula is C11H16ClFN2O. The van der Waals surface area contributed by atoms with Gasteiger partial charge in [0.25, 0.3) is 0 Å². The van der Waals surface area contributed by atoms with Crippen molar-refractivity contribution in [3.8, 4) is 0 Å². The minimum absolute atomic E-state index is 0. The number of halogens is 2. The molecule has 2 N–H and O–H groups in total. The molecule has 0 aliphatic heterocycles. The molecule has 0 saturated carbocycles. The average Bonchev–Trinajstić information content (AvgIpc) is 2.13. The highest BCUT2D eigenvalue weighted by atomic mass is 35.5. The van der Waals surface area contributed by atoms with Gasteiger partial charge in [0.2, 0.25) is 5.91 Å². The van der Waals surface area contributed by atoms with E-state index in [0.717, 1.165) is 5.56 Å². The molecule has 0 aromatic heterocycles. The molecule has 0 atom stereocenters. The number of aryl methyl sites for hydroxylation is 1. The number of carbonyl (C=O) groups excluding carboxylic acids is 1. The van der Waals surface area contributed by atoms with Gasteiger partial charge in [0, 0.05) is 18.7 Å². The van der Waals surface area contributed by atoms with Crippen LogP contribution in [-0.2, 0) is 4.79 Å². The van der Waals surface area contributed by atoms with E-state index in [2.05, 4.69) is 10.6 Å². The minimum Gasteiger partial charge on any atom is -0.326 e. The Morgan fingerprint density at radius 3 is 2.62 bits per heavy atom. The van der Waals surface area contributed by atoms with Gasteiger partial charge in [0.05, 0.1) is 0 Å². The van der Waals surface area contributed by atoms with E-state index in [0.29, 0.717) is 18.7 Å². The number of nitrogens with one attached hydrogen (secondary N) is 2. The van der Waals surface area contributed by atoms with Crippen molar-refractivity contribution in [3.63, 3.8) is 0 Å². The molecule has 1 rings (SSSR count). The predicted molar refractivity (Wildman–Crippen MR) is 65.6 cm³/mol. The third kappa shape index (κ3) is 5.09. The lowest BCUT2D eigenvalue weighted by Gasteiger charge is -2.06. The molecule has 16 heavy (non-hydrogen) atoms. The van der Waals surface area contributed by atoms with E-state index in [1.165, 1.54) is 12.1 Å². The predicted octanol–water partition coefficient (Wildman–Crippen LogP) is 2.10. The van der Waals surface area contributed by atoms with E-state index in [4.69, 9.17) is 0 Å². The Balaban J connectivity index is 0.00000225. The minimum atomic E-state index is -0.334. The van der Waals surface area contributed by atoms with E-state index in [-0.39, 0.29) is 24.1 Å². The van der Waals surface area contributed by atoms with Gasteiger partial charge < -0.3 is 10.6 Å². The quantitative estimate of drug-likeness (QED) is 0.854. The van der Waals surface area contributed by atoms with Crippen molar-refractivity contribution in [1.82, 2.24) is 5.32 Å². The lowest BCUT2D eigenvalue weighted by Crippen LogP contribution is -2.18. The topological polar surface area (TPSA) is 41.1 Å². The maximum absolute atomic E-state index is 13.0. The van der Waals surface area contributed by atoms with Crippen LogP contribution in [0.2, 0.25) is 0 Å². The molecule has 5 heteroatoms. The SMILES string of the molecule is CNCCC(=O)Nc1cc(C)cc(F)c1.Cl. The van der Waals surface area contributed by atoms with Crippen molar-refractivity contribution in [2.45, 2.75) is 13.3 Å². The normalized spacial score (nSPS) is 9.44. The van der Waals surface area contributed by atoms with Gasteiger partial charge in [0.1, 0.15) is 5.82 Å². The van der Waals surface area contributed by atoms with Crippen LogP contribution in [0.4, 0.5) is 10.1 Å². The summed E-state index contributed by atoms with van der Waals surface area (Å²) >= 11 is 0. The van der Waals surface area contributed by atoms with E-state index >= 15 is 0 Å². The molecule has 0 heterocycles. The second-order valence-corrected chi connectivity index (χ2v) is 3.42. The third-order valence-electron chi connectivity index (χ3n) is 1.93. The van der Waals surface area contributed by atoms with Crippen molar-refractivity contribution in [3.05, 3.63) is 29.6 Å². The summed E-state index contributed by atoms with van der Waals surface area (Å²) in [6, 6.07) is 4.47. The Bertz CT molecular complexity index is 338. The van der Waals surface area contributed by atoms with Crippen LogP contribution in [-0.4, -0.2) is 19.5 Å². The third-order valence-corrected chi connectivity index (χ3v) is 1.93. The monoisotopic (exact) mass is 246 g/mol. The summed E-state index contributed by atoms with van der Waals surface area (Å²) in [4.78, 5) is 11.3. The van der Waals surface area contributed by atoms with Gasteiger partial charge in [-0.1, -0.05) is 0 Å². The summed E-state index contributed by atoms with van der Waals surface area (Å²) in [6.07, 6.45) is 0.381. The summed E-state index contributed by atoms with van der Waals surface area (Å²) < 4.78 is 13.0. The zero-order valence-corrected chi connectivity index (χ0v) is 10.2. The first kappa shape index (κ1) is 14.9. The van der Waals surface area contributed by atoms with Gasteiger partial charge in [-0.25, -0.2) is 4.39 Å². The Morgan fingerprint density at radius 2 is 2.06 bits per heavy atom. The van der Waals surface area contributed by atoms with Gasteiger partial charge >= 0.3 is 0 Å². The summed E-state index contributed by atoms with van der Waals surface area (Å²) in [7, 11) is 1.78. The Labute approximate surface area is 101 Å². The first-order valence-corrected chi connectivity index (χ1v) is 4.83. The van der Waals surface area contributed by atoms with Crippen molar-refractivity contribution in [2.75, 3.05) is 18.9 Å². The number of hydrogen-bond acceptors (Lipinski definition) is 2. The molecule has 0 bridgehead atoms. The Hall–Kier alpha value is -1.13. The van der Waals surface area contributed by atoms with E-state index in [1.807, 2.05) is 0 Å². The zero-order valence-electron chi connectivity index (χ0n) is 9.34. The van der Waals surface area contributed by atoms with E-state index < -0.39 is 0 Å². The molecular weight excluding hydrogens is 231 g/mol. The molecule has 0 unspecified atom stereocenters. The number of benzene rings is 1. The molecule has 0 radical (unpaired) electrons. The van der Waals surface area contributed by atoms with Crippen molar-refractivity contribution in [1.29, 1.82) is 0 Å². The summed E-state index contributed by atoms with van der Waals surface area (Å²) in [5.74, 6) is -0.451. The fourth-order valence-corrected chi connectivity index (χ4v) is 1.27. The highest BCUT2D eigenvalue weighted by Gasteiger charge is 2.03. The maximum Gasteiger partial charge on any atom is 0.225 e. The molecule has 0 saturated heterocycles. The molecule has 1 aromatic carbocycles.